The minimum atomic E-state index is 0.0845. The van der Waals surface area contributed by atoms with Crippen LogP contribution >= 0.6 is 11.6 Å². The summed E-state index contributed by atoms with van der Waals surface area (Å²) in [4.78, 5) is 0. The molecule has 1 aromatic rings. The minimum Gasteiger partial charge on any atom is -0.504 e. The molecule has 1 rings (SSSR count). The summed E-state index contributed by atoms with van der Waals surface area (Å²) in [5.41, 5.74) is 0.663. The maximum absolute atomic E-state index is 9.94. The number of rotatable bonds is 6. The van der Waals surface area contributed by atoms with Gasteiger partial charge in [0, 0.05) is 29.2 Å². The number of phenols is 1. The standard InChI is InChI=1S/C13H17ClN2O2/c1-3-11(4-5-15)16-8-9-6-10(14)7-12(18-2)13(9)17/h6-7,11,16-17H,3-4,8H2,1-2H3. The van der Waals surface area contributed by atoms with Crippen LogP contribution in [0.15, 0.2) is 12.1 Å². The summed E-state index contributed by atoms with van der Waals surface area (Å²) in [5, 5.41) is 22.3. The highest BCUT2D eigenvalue weighted by molar-refractivity contribution is 6.30. The molecule has 0 spiro atoms. The van der Waals surface area contributed by atoms with Crippen LogP contribution in [0.2, 0.25) is 5.02 Å². The van der Waals surface area contributed by atoms with E-state index in [1.54, 1.807) is 12.1 Å². The zero-order chi connectivity index (χ0) is 13.5. The third-order valence-electron chi connectivity index (χ3n) is 2.75. The molecule has 0 radical (unpaired) electrons. The fourth-order valence-corrected chi connectivity index (χ4v) is 1.87. The largest absolute Gasteiger partial charge is 0.504 e. The number of hydrogen-bond donors (Lipinski definition) is 2. The van der Waals surface area contributed by atoms with Crippen molar-refractivity contribution in [3.05, 3.63) is 22.7 Å². The summed E-state index contributed by atoms with van der Waals surface area (Å²) < 4.78 is 5.03. The molecular formula is C13H17ClN2O2. The molecule has 0 aromatic heterocycles. The van der Waals surface area contributed by atoms with Crippen molar-refractivity contribution in [2.24, 2.45) is 0 Å². The van der Waals surface area contributed by atoms with Crippen LogP contribution in [-0.4, -0.2) is 18.3 Å². The van der Waals surface area contributed by atoms with Crippen LogP contribution in [0.25, 0.3) is 0 Å². The Morgan fingerprint density at radius 1 is 1.56 bits per heavy atom. The molecule has 1 atom stereocenters. The van der Waals surface area contributed by atoms with E-state index in [0.717, 1.165) is 6.42 Å². The van der Waals surface area contributed by atoms with Crippen molar-refractivity contribution in [3.8, 4) is 17.6 Å². The molecular weight excluding hydrogens is 252 g/mol. The number of nitriles is 1. The van der Waals surface area contributed by atoms with Crippen LogP contribution in [0.3, 0.4) is 0 Å². The topological polar surface area (TPSA) is 65.3 Å². The Morgan fingerprint density at radius 3 is 2.83 bits per heavy atom. The number of aromatic hydroxyl groups is 1. The Labute approximate surface area is 112 Å². The molecule has 1 unspecified atom stereocenters. The van der Waals surface area contributed by atoms with Gasteiger partial charge in [0.2, 0.25) is 0 Å². The highest BCUT2D eigenvalue weighted by atomic mass is 35.5. The first-order valence-corrected chi connectivity index (χ1v) is 6.15. The zero-order valence-electron chi connectivity index (χ0n) is 10.5. The molecule has 0 aliphatic rings. The van der Waals surface area contributed by atoms with E-state index in [1.807, 2.05) is 6.92 Å². The third-order valence-corrected chi connectivity index (χ3v) is 2.97. The summed E-state index contributed by atoms with van der Waals surface area (Å²) in [6, 6.07) is 5.49. The molecule has 0 saturated heterocycles. The molecule has 0 bridgehead atoms. The molecule has 0 saturated carbocycles. The molecule has 4 nitrogen and oxygen atoms in total. The monoisotopic (exact) mass is 268 g/mol. The summed E-state index contributed by atoms with van der Waals surface area (Å²) in [5.74, 6) is 0.439. The van der Waals surface area contributed by atoms with Gasteiger partial charge in [0.25, 0.3) is 0 Å². The van der Waals surface area contributed by atoms with E-state index in [9.17, 15) is 5.11 Å². The van der Waals surface area contributed by atoms with Gasteiger partial charge in [0.1, 0.15) is 0 Å². The van der Waals surface area contributed by atoms with Gasteiger partial charge in [-0.3, -0.25) is 0 Å². The second-order valence-electron chi connectivity index (χ2n) is 3.96. The van der Waals surface area contributed by atoms with E-state index in [4.69, 9.17) is 21.6 Å². The molecule has 0 amide bonds. The van der Waals surface area contributed by atoms with Crippen molar-refractivity contribution in [2.75, 3.05) is 7.11 Å². The fraction of sp³-hybridized carbons (Fsp3) is 0.462. The Bertz CT molecular complexity index is 443. The van der Waals surface area contributed by atoms with Gasteiger partial charge in [-0.2, -0.15) is 5.26 Å². The summed E-state index contributed by atoms with van der Waals surface area (Å²) >= 11 is 5.94. The van der Waals surface area contributed by atoms with Crippen molar-refractivity contribution in [2.45, 2.75) is 32.4 Å². The Balaban J connectivity index is 2.78. The second-order valence-corrected chi connectivity index (χ2v) is 4.40. The highest BCUT2D eigenvalue weighted by Gasteiger charge is 2.11. The van der Waals surface area contributed by atoms with Gasteiger partial charge in [0.15, 0.2) is 11.5 Å². The van der Waals surface area contributed by atoms with Gasteiger partial charge in [-0.05, 0) is 12.5 Å². The minimum absolute atomic E-state index is 0.0845. The zero-order valence-corrected chi connectivity index (χ0v) is 11.3. The molecule has 0 aliphatic heterocycles. The first-order chi connectivity index (χ1) is 8.62. The lowest BCUT2D eigenvalue weighted by Gasteiger charge is -2.15. The first kappa shape index (κ1) is 14.6. The van der Waals surface area contributed by atoms with E-state index in [0.29, 0.717) is 29.3 Å². The fourth-order valence-electron chi connectivity index (χ4n) is 1.64. The average molecular weight is 269 g/mol. The SMILES string of the molecule is CCC(CC#N)NCc1cc(Cl)cc(OC)c1O. The lowest BCUT2D eigenvalue weighted by atomic mass is 10.1. The summed E-state index contributed by atoms with van der Waals surface area (Å²) in [7, 11) is 1.48. The van der Waals surface area contributed by atoms with Crippen LogP contribution in [0.4, 0.5) is 0 Å². The molecule has 0 heterocycles. The van der Waals surface area contributed by atoms with E-state index >= 15 is 0 Å². The quantitative estimate of drug-likeness (QED) is 0.833. The van der Waals surface area contributed by atoms with Crippen LogP contribution in [0.5, 0.6) is 11.5 Å². The van der Waals surface area contributed by atoms with Crippen molar-refractivity contribution in [1.29, 1.82) is 5.26 Å². The number of nitrogens with zero attached hydrogens (tertiary/aromatic N) is 1. The predicted octanol–water partition coefficient (Wildman–Crippen LogP) is 2.84. The van der Waals surface area contributed by atoms with Gasteiger partial charge < -0.3 is 15.2 Å². The molecule has 0 fully saturated rings. The number of ether oxygens (including phenoxy) is 1. The van der Waals surface area contributed by atoms with Crippen molar-refractivity contribution in [3.63, 3.8) is 0 Å². The van der Waals surface area contributed by atoms with Gasteiger partial charge in [-0.1, -0.05) is 18.5 Å². The molecule has 18 heavy (non-hydrogen) atoms. The van der Waals surface area contributed by atoms with Gasteiger partial charge >= 0.3 is 0 Å². The van der Waals surface area contributed by atoms with Crippen LogP contribution < -0.4 is 10.1 Å². The smallest absolute Gasteiger partial charge is 0.162 e. The van der Waals surface area contributed by atoms with Crippen molar-refractivity contribution < 1.29 is 9.84 Å². The number of benzene rings is 1. The predicted molar refractivity (Wildman–Crippen MR) is 70.8 cm³/mol. The van der Waals surface area contributed by atoms with Gasteiger partial charge in [-0.15, -0.1) is 0 Å². The summed E-state index contributed by atoms with van der Waals surface area (Å²) in [6.45, 7) is 2.45. The van der Waals surface area contributed by atoms with Crippen LogP contribution in [0, 0.1) is 11.3 Å². The van der Waals surface area contributed by atoms with E-state index in [2.05, 4.69) is 11.4 Å². The number of phenolic OH excluding ortho intramolecular Hbond substituents is 1. The molecule has 5 heteroatoms. The Hall–Kier alpha value is -1.44. The molecule has 0 aliphatic carbocycles. The van der Waals surface area contributed by atoms with Crippen molar-refractivity contribution >= 4 is 11.6 Å². The van der Waals surface area contributed by atoms with Gasteiger partial charge in [0.05, 0.1) is 19.6 Å². The molecule has 1 aromatic carbocycles. The van der Waals surface area contributed by atoms with E-state index in [1.165, 1.54) is 7.11 Å². The molecule has 2 N–H and O–H groups in total. The first-order valence-electron chi connectivity index (χ1n) is 5.78. The number of nitrogens with one attached hydrogen (secondary N) is 1. The normalized spacial score (nSPS) is 11.9. The number of hydrogen-bond acceptors (Lipinski definition) is 4. The Morgan fingerprint density at radius 2 is 2.28 bits per heavy atom. The second kappa shape index (κ2) is 7.10. The maximum atomic E-state index is 9.94. The lowest BCUT2D eigenvalue weighted by molar-refractivity contribution is 0.368. The molecule has 98 valence electrons. The highest BCUT2D eigenvalue weighted by Crippen LogP contribution is 2.33. The Kier molecular flexibility index (Phi) is 5.76. The third kappa shape index (κ3) is 3.80. The summed E-state index contributed by atoms with van der Waals surface area (Å²) in [6.07, 6.45) is 1.29. The van der Waals surface area contributed by atoms with Gasteiger partial charge in [-0.25, -0.2) is 0 Å². The van der Waals surface area contributed by atoms with E-state index < -0.39 is 0 Å². The number of methoxy groups -OCH3 is 1. The average Bonchev–Trinajstić information content (AvgIpc) is 2.37. The van der Waals surface area contributed by atoms with Crippen molar-refractivity contribution in [1.82, 2.24) is 5.32 Å². The maximum Gasteiger partial charge on any atom is 0.162 e. The number of halogens is 1. The lowest BCUT2D eigenvalue weighted by Crippen LogP contribution is -2.27. The van der Waals surface area contributed by atoms with Crippen LogP contribution in [-0.2, 0) is 6.54 Å². The van der Waals surface area contributed by atoms with E-state index in [-0.39, 0.29) is 11.8 Å². The van der Waals surface area contributed by atoms with Crippen LogP contribution in [0.1, 0.15) is 25.3 Å².